The van der Waals surface area contributed by atoms with Crippen molar-refractivity contribution in [2.24, 2.45) is 7.05 Å². The number of aromatic nitrogens is 4. The summed E-state index contributed by atoms with van der Waals surface area (Å²) in [5.41, 5.74) is 1.31. The fourth-order valence-corrected chi connectivity index (χ4v) is 2.35. The van der Waals surface area contributed by atoms with Gasteiger partial charge in [-0.2, -0.15) is 5.10 Å². The van der Waals surface area contributed by atoms with Gasteiger partial charge in [0, 0.05) is 7.05 Å². The average Bonchev–Trinajstić information content (AvgIpc) is 2.98. The van der Waals surface area contributed by atoms with Crippen LogP contribution in [-0.2, 0) is 11.8 Å². The van der Waals surface area contributed by atoms with E-state index in [1.165, 1.54) is 10.9 Å². The van der Waals surface area contributed by atoms with E-state index in [-0.39, 0.29) is 5.49 Å². The molecule has 0 radical (unpaired) electrons. The first kappa shape index (κ1) is 13.2. The first-order chi connectivity index (χ1) is 9.54. The number of hydrogen-bond donors (Lipinski definition) is 5. The molecule has 5 N–H and O–H groups in total. The highest BCUT2D eigenvalue weighted by Crippen LogP contribution is 2.34. The van der Waals surface area contributed by atoms with Crippen LogP contribution in [0.15, 0.2) is 6.33 Å². The van der Waals surface area contributed by atoms with Gasteiger partial charge >= 0.3 is 0 Å². The number of hydrogen-bond acceptors (Lipinski definition) is 7. The second kappa shape index (κ2) is 4.63. The summed E-state index contributed by atoms with van der Waals surface area (Å²) in [5, 5.41) is 43.4. The zero-order chi connectivity index (χ0) is 14.4. The molecule has 4 atom stereocenters. The lowest BCUT2D eigenvalue weighted by Gasteiger charge is -2.12. The predicted octanol–water partition coefficient (Wildman–Crippen LogP) is -2.07. The van der Waals surface area contributed by atoms with Gasteiger partial charge in [0.1, 0.15) is 29.9 Å². The second-order valence-electron chi connectivity index (χ2n) is 4.80. The second-order valence-corrected chi connectivity index (χ2v) is 4.80. The molecule has 0 aromatic carbocycles. The number of H-pyrrole nitrogens is 1. The molecule has 9 nitrogen and oxygen atoms in total. The van der Waals surface area contributed by atoms with Crippen LogP contribution in [0.25, 0.3) is 11.0 Å². The number of aliphatic hydroxyl groups excluding tert-OH is 3. The van der Waals surface area contributed by atoms with Gasteiger partial charge in [-0.15, -0.1) is 0 Å². The minimum atomic E-state index is -1.19. The van der Waals surface area contributed by atoms with Crippen LogP contribution in [0.2, 0.25) is 0 Å². The molecule has 1 fully saturated rings. The van der Waals surface area contributed by atoms with E-state index in [0.29, 0.717) is 16.7 Å². The van der Waals surface area contributed by atoms with Crippen LogP contribution in [0.4, 0.5) is 0 Å². The summed E-state index contributed by atoms with van der Waals surface area (Å²) < 4.78 is 6.93. The molecular formula is C11H15N5O4. The van der Waals surface area contributed by atoms with Gasteiger partial charge < -0.3 is 24.6 Å². The van der Waals surface area contributed by atoms with E-state index in [9.17, 15) is 10.2 Å². The average molecular weight is 281 g/mol. The van der Waals surface area contributed by atoms with Crippen molar-refractivity contribution < 1.29 is 20.1 Å². The number of aryl methyl sites for hydroxylation is 1. The summed E-state index contributed by atoms with van der Waals surface area (Å²) in [6.07, 6.45) is -2.64. The maximum atomic E-state index is 10.0. The Balaban J connectivity index is 2.08. The van der Waals surface area contributed by atoms with Gasteiger partial charge in [0.15, 0.2) is 11.0 Å². The highest BCUT2D eigenvalue weighted by Gasteiger charge is 2.44. The van der Waals surface area contributed by atoms with Crippen molar-refractivity contribution in [3.05, 3.63) is 17.5 Å². The quantitative estimate of drug-likeness (QED) is 0.428. The minimum Gasteiger partial charge on any atom is -0.394 e. The van der Waals surface area contributed by atoms with Gasteiger partial charge in [-0.05, 0) is 0 Å². The molecule has 2 aromatic heterocycles. The Morgan fingerprint density at radius 1 is 1.40 bits per heavy atom. The van der Waals surface area contributed by atoms with Gasteiger partial charge in [0.05, 0.1) is 18.6 Å². The first-order valence-corrected chi connectivity index (χ1v) is 6.11. The maximum Gasteiger partial charge on any atom is 0.156 e. The van der Waals surface area contributed by atoms with Crippen LogP contribution in [0.3, 0.4) is 0 Å². The summed E-state index contributed by atoms with van der Waals surface area (Å²) in [7, 11) is 1.68. The SMILES string of the molecule is Cn1cnc2c([C@@H]3O[C@@H](CO)[C@H](O)[C@H]3O)[nH]nc2c1=N. The molecule has 1 aliphatic heterocycles. The molecule has 1 saturated heterocycles. The molecule has 0 amide bonds. The largest absolute Gasteiger partial charge is 0.394 e. The Hall–Kier alpha value is -1.81. The Morgan fingerprint density at radius 2 is 2.15 bits per heavy atom. The van der Waals surface area contributed by atoms with Crippen molar-refractivity contribution in [1.82, 2.24) is 19.7 Å². The molecule has 0 spiro atoms. The van der Waals surface area contributed by atoms with Crippen LogP contribution in [0, 0.1) is 5.41 Å². The Kier molecular flexibility index (Phi) is 3.05. The van der Waals surface area contributed by atoms with E-state index in [4.69, 9.17) is 15.3 Å². The summed E-state index contributed by atoms with van der Waals surface area (Å²) >= 11 is 0. The number of aliphatic hydroxyl groups is 3. The van der Waals surface area contributed by atoms with E-state index in [1.807, 2.05) is 0 Å². The van der Waals surface area contributed by atoms with Crippen molar-refractivity contribution in [2.75, 3.05) is 6.61 Å². The molecule has 0 aliphatic carbocycles. The summed E-state index contributed by atoms with van der Waals surface area (Å²) in [5.74, 6) is 0. The normalized spacial score (nSPS) is 30.2. The lowest BCUT2D eigenvalue weighted by molar-refractivity contribution is -0.0236. The van der Waals surface area contributed by atoms with E-state index >= 15 is 0 Å². The number of fused-ring (bicyclic) bond motifs is 1. The van der Waals surface area contributed by atoms with Crippen LogP contribution in [0.1, 0.15) is 11.8 Å². The van der Waals surface area contributed by atoms with Gasteiger partial charge in [-0.1, -0.05) is 0 Å². The third-order valence-electron chi connectivity index (χ3n) is 3.53. The van der Waals surface area contributed by atoms with Gasteiger partial charge in [-0.25, -0.2) is 4.98 Å². The fourth-order valence-electron chi connectivity index (χ4n) is 2.35. The molecule has 9 heteroatoms. The third kappa shape index (κ3) is 1.75. The predicted molar refractivity (Wildman–Crippen MR) is 65.4 cm³/mol. The van der Waals surface area contributed by atoms with Gasteiger partial charge in [0.25, 0.3) is 0 Å². The molecule has 0 bridgehead atoms. The van der Waals surface area contributed by atoms with E-state index < -0.39 is 31.0 Å². The standard InChI is InChI=1S/C11H15N5O4/c1-16-3-13-5-6(14-15-7(5)11(16)12)10-9(19)8(18)4(2-17)20-10/h3-4,8-10,12,17-19H,2H2,1H3,(H,14,15)/t4-,8-,9+,10-/m0/s1. The van der Waals surface area contributed by atoms with Gasteiger partial charge in [0.2, 0.25) is 0 Å². The Labute approximate surface area is 113 Å². The van der Waals surface area contributed by atoms with Crippen LogP contribution >= 0.6 is 0 Å². The van der Waals surface area contributed by atoms with E-state index in [0.717, 1.165) is 0 Å². The lowest BCUT2D eigenvalue weighted by atomic mass is 10.1. The van der Waals surface area contributed by atoms with Crippen molar-refractivity contribution in [3.8, 4) is 0 Å². The molecule has 2 aromatic rings. The molecular weight excluding hydrogens is 266 g/mol. The number of rotatable bonds is 2. The number of nitrogens with one attached hydrogen (secondary N) is 2. The summed E-state index contributed by atoms with van der Waals surface area (Å²) in [6, 6.07) is 0. The number of nitrogens with zero attached hydrogens (tertiary/aromatic N) is 3. The summed E-state index contributed by atoms with van der Waals surface area (Å²) in [4.78, 5) is 4.17. The van der Waals surface area contributed by atoms with Crippen molar-refractivity contribution >= 4 is 11.0 Å². The minimum absolute atomic E-state index is 0.171. The summed E-state index contributed by atoms with van der Waals surface area (Å²) in [6.45, 7) is -0.396. The highest BCUT2D eigenvalue weighted by atomic mass is 16.6. The maximum absolute atomic E-state index is 10.0. The van der Waals surface area contributed by atoms with E-state index in [2.05, 4.69) is 15.2 Å². The molecule has 0 unspecified atom stereocenters. The zero-order valence-electron chi connectivity index (χ0n) is 10.7. The lowest BCUT2D eigenvalue weighted by Crippen LogP contribution is -2.32. The van der Waals surface area contributed by atoms with Crippen molar-refractivity contribution in [2.45, 2.75) is 24.4 Å². The van der Waals surface area contributed by atoms with E-state index in [1.54, 1.807) is 7.05 Å². The fraction of sp³-hybridized carbons (Fsp3) is 0.545. The topological polar surface area (TPSA) is 140 Å². The zero-order valence-corrected chi connectivity index (χ0v) is 10.7. The van der Waals surface area contributed by atoms with Crippen molar-refractivity contribution in [3.63, 3.8) is 0 Å². The molecule has 20 heavy (non-hydrogen) atoms. The molecule has 108 valence electrons. The smallest absolute Gasteiger partial charge is 0.156 e. The van der Waals surface area contributed by atoms with Crippen molar-refractivity contribution in [1.29, 1.82) is 5.41 Å². The molecule has 3 rings (SSSR count). The monoisotopic (exact) mass is 281 g/mol. The Bertz CT molecular complexity index is 696. The number of aromatic amines is 1. The van der Waals surface area contributed by atoms with Gasteiger partial charge in [-0.3, -0.25) is 10.5 Å². The third-order valence-corrected chi connectivity index (χ3v) is 3.53. The Morgan fingerprint density at radius 3 is 2.80 bits per heavy atom. The molecule has 3 heterocycles. The van der Waals surface area contributed by atoms with Crippen LogP contribution in [0.5, 0.6) is 0 Å². The van der Waals surface area contributed by atoms with Crippen LogP contribution in [-0.4, -0.2) is 60.0 Å². The first-order valence-electron chi connectivity index (χ1n) is 6.11. The number of ether oxygens (including phenoxy) is 1. The highest BCUT2D eigenvalue weighted by molar-refractivity contribution is 5.75. The molecule has 1 aliphatic rings. The molecule has 0 saturated carbocycles. The van der Waals surface area contributed by atoms with Crippen LogP contribution < -0.4 is 5.49 Å².